The van der Waals surface area contributed by atoms with Gasteiger partial charge in [-0.2, -0.15) is 18.3 Å². The lowest BCUT2D eigenvalue weighted by Gasteiger charge is -2.25. The molecule has 44 heavy (non-hydrogen) atoms. The molecule has 2 aliphatic rings. The molecule has 1 atom stereocenters. The van der Waals surface area contributed by atoms with Gasteiger partial charge in [0.1, 0.15) is 17.4 Å². The summed E-state index contributed by atoms with van der Waals surface area (Å²) in [7, 11) is 0. The van der Waals surface area contributed by atoms with Crippen molar-refractivity contribution in [3.05, 3.63) is 75.8 Å². The van der Waals surface area contributed by atoms with Gasteiger partial charge in [0, 0.05) is 30.8 Å². The minimum Gasteiger partial charge on any atom is -0.453 e. The van der Waals surface area contributed by atoms with Crippen molar-refractivity contribution in [3.63, 3.8) is 0 Å². The Kier molecular flexibility index (Phi) is 8.12. The third-order valence-electron chi connectivity index (χ3n) is 7.46. The lowest BCUT2D eigenvalue weighted by atomic mass is 10.1. The second kappa shape index (κ2) is 11.9. The van der Waals surface area contributed by atoms with Crippen molar-refractivity contribution in [2.45, 2.75) is 57.1 Å². The smallest absolute Gasteiger partial charge is 0.416 e. The Hall–Kier alpha value is -3.94. The summed E-state index contributed by atoms with van der Waals surface area (Å²) in [6, 6.07) is 6.85. The van der Waals surface area contributed by atoms with Crippen LogP contribution in [0, 0.1) is 11.6 Å². The van der Waals surface area contributed by atoms with E-state index in [1.54, 1.807) is 10.7 Å². The summed E-state index contributed by atoms with van der Waals surface area (Å²) in [5, 5.41) is 10.8. The van der Waals surface area contributed by atoms with Crippen LogP contribution < -0.4 is 21.1 Å². The molecule has 3 aromatic carbocycles. The molecular weight excluding hydrogens is 609 g/mol. The molecule has 2 heterocycles. The molecule has 1 aromatic heterocycles. The largest absolute Gasteiger partial charge is 0.453 e. The number of rotatable bonds is 8. The first kappa shape index (κ1) is 30.1. The molecule has 232 valence electrons. The average molecular weight is 636 g/mol. The zero-order valence-corrected chi connectivity index (χ0v) is 23.9. The van der Waals surface area contributed by atoms with E-state index in [0.29, 0.717) is 48.9 Å². The van der Waals surface area contributed by atoms with Crippen LogP contribution in [-0.4, -0.2) is 28.3 Å². The number of carbonyl (C=O) groups is 1. The zero-order chi connectivity index (χ0) is 31.2. The molecule has 1 amide bonds. The lowest BCUT2D eigenvalue weighted by molar-refractivity contribution is -0.137. The Balaban J connectivity index is 1.52. The van der Waals surface area contributed by atoms with Gasteiger partial charge < -0.3 is 25.8 Å². The minimum atomic E-state index is -4.88. The fourth-order valence-electron chi connectivity index (χ4n) is 5.17. The molecule has 8 nitrogen and oxygen atoms in total. The lowest BCUT2D eigenvalue weighted by Crippen LogP contribution is -2.21. The first-order valence-corrected chi connectivity index (χ1v) is 14.4. The maximum Gasteiger partial charge on any atom is 0.416 e. The fourth-order valence-corrected chi connectivity index (χ4v) is 5.33. The van der Waals surface area contributed by atoms with Crippen molar-refractivity contribution >= 4 is 39.9 Å². The molecule has 1 unspecified atom stereocenters. The van der Waals surface area contributed by atoms with Gasteiger partial charge >= 0.3 is 6.18 Å². The molecule has 2 fully saturated rings. The number of aromatic nitrogens is 2. The van der Waals surface area contributed by atoms with Crippen LogP contribution in [0.5, 0.6) is 11.5 Å². The van der Waals surface area contributed by atoms with Crippen molar-refractivity contribution in [3.8, 4) is 11.5 Å². The number of ether oxygens (including phenoxy) is 2. The first-order valence-electron chi connectivity index (χ1n) is 14.0. The highest BCUT2D eigenvalue weighted by Gasteiger charge is 2.33. The summed E-state index contributed by atoms with van der Waals surface area (Å²) in [5.41, 5.74) is 5.70. The molecule has 0 spiro atoms. The molecule has 4 aromatic rings. The predicted molar refractivity (Wildman–Crippen MR) is 154 cm³/mol. The van der Waals surface area contributed by atoms with Gasteiger partial charge in [-0.1, -0.05) is 11.6 Å². The van der Waals surface area contributed by atoms with Gasteiger partial charge in [0.25, 0.3) is 5.91 Å². The molecule has 0 radical (unpaired) electrons. The number of nitrogens with two attached hydrogens (primary N) is 1. The summed E-state index contributed by atoms with van der Waals surface area (Å²) in [6.07, 6.45) is -0.907. The number of benzene rings is 3. The molecule has 1 saturated carbocycles. The van der Waals surface area contributed by atoms with Crippen molar-refractivity contribution in [2.24, 2.45) is 0 Å². The Bertz CT molecular complexity index is 1730. The third-order valence-corrected chi connectivity index (χ3v) is 7.77. The van der Waals surface area contributed by atoms with E-state index >= 15 is 0 Å². The van der Waals surface area contributed by atoms with E-state index in [4.69, 9.17) is 26.8 Å². The van der Waals surface area contributed by atoms with Gasteiger partial charge in [-0.05, 0) is 74.1 Å². The van der Waals surface area contributed by atoms with Crippen molar-refractivity contribution in [1.82, 2.24) is 15.1 Å². The standard InChI is InChI=1S/C30H27ClF5N5O3/c31-21-7-4-18(32)13-23(21)44-27-22(39-29(42)15-9-17(30(34,35)36)12-19(33)10-15)11-16(14-38-20-5-6-20)26-25(27)28(37)40-41(26)24-3-1-2-8-43-24/h4,7,9-13,20,24,38H,1-3,5-6,8,14H2,(H2,37,40)(H,39,42). The maximum atomic E-state index is 14.2. The zero-order valence-electron chi connectivity index (χ0n) is 23.1. The van der Waals surface area contributed by atoms with Crippen LogP contribution in [0.4, 0.5) is 33.5 Å². The van der Waals surface area contributed by atoms with Crippen molar-refractivity contribution < 1.29 is 36.2 Å². The number of anilines is 2. The second-order valence-electron chi connectivity index (χ2n) is 10.8. The van der Waals surface area contributed by atoms with Gasteiger partial charge in [-0.15, -0.1) is 0 Å². The molecule has 1 aliphatic carbocycles. The first-order chi connectivity index (χ1) is 21.0. The number of hydrogen-bond donors (Lipinski definition) is 3. The van der Waals surface area contributed by atoms with E-state index in [0.717, 1.165) is 37.8 Å². The summed E-state index contributed by atoms with van der Waals surface area (Å²) < 4.78 is 82.4. The molecule has 0 bridgehead atoms. The number of hydrogen-bond acceptors (Lipinski definition) is 6. The summed E-state index contributed by atoms with van der Waals surface area (Å²) in [4.78, 5) is 13.4. The highest BCUT2D eigenvalue weighted by Crippen LogP contribution is 2.45. The maximum absolute atomic E-state index is 14.2. The van der Waals surface area contributed by atoms with Crippen molar-refractivity contribution in [1.29, 1.82) is 0 Å². The van der Waals surface area contributed by atoms with E-state index in [9.17, 15) is 26.7 Å². The van der Waals surface area contributed by atoms with Gasteiger partial charge in [0.2, 0.25) is 0 Å². The van der Waals surface area contributed by atoms with Crippen LogP contribution in [0.2, 0.25) is 5.02 Å². The topological polar surface area (TPSA) is 103 Å². The van der Waals surface area contributed by atoms with Crippen LogP contribution in [0.1, 0.15) is 59.8 Å². The van der Waals surface area contributed by atoms with Gasteiger partial charge in [-0.3, -0.25) is 4.79 Å². The quantitative estimate of drug-likeness (QED) is 0.173. The highest BCUT2D eigenvalue weighted by atomic mass is 35.5. The van der Waals surface area contributed by atoms with Crippen LogP contribution >= 0.6 is 11.6 Å². The number of halogens is 6. The van der Waals surface area contributed by atoms with E-state index < -0.39 is 41.1 Å². The number of alkyl halides is 3. The van der Waals surface area contributed by atoms with Crippen LogP contribution in [-0.2, 0) is 17.5 Å². The van der Waals surface area contributed by atoms with Crippen LogP contribution in [0.25, 0.3) is 10.9 Å². The SMILES string of the molecule is Nc1nn(C2CCCCO2)c2c(CNC3CC3)cc(NC(=O)c3cc(F)cc(C(F)(F)F)c3)c(Oc3cc(F)ccc3Cl)c12. The molecule has 4 N–H and O–H groups in total. The van der Waals surface area contributed by atoms with E-state index in [-0.39, 0.29) is 39.5 Å². The van der Waals surface area contributed by atoms with Gasteiger partial charge in [-0.25, -0.2) is 13.5 Å². The third kappa shape index (κ3) is 6.30. The number of nitrogen functional groups attached to an aromatic ring is 1. The normalized spacial score (nSPS) is 17.2. The molecule has 1 aliphatic heterocycles. The Labute approximate surface area is 253 Å². The molecule has 1 saturated heterocycles. The monoisotopic (exact) mass is 635 g/mol. The van der Waals surface area contributed by atoms with Crippen molar-refractivity contribution in [2.75, 3.05) is 17.7 Å². The van der Waals surface area contributed by atoms with Gasteiger partial charge in [0.05, 0.1) is 27.2 Å². The fraction of sp³-hybridized carbons (Fsp3) is 0.333. The minimum absolute atomic E-state index is 0.00517. The Morgan fingerprint density at radius 3 is 2.59 bits per heavy atom. The Morgan fingerprint density at radius 1 is 1.09 bits per heavy atom. The molecule has 14 heteroatoms. The average Bonchev–Trinajstić information content (AvgIpc) is 3.75. The highest BCUT2D eigenvalue weighted by molar-refractivity contribution is 6.32. The number of carbonyl (C=O) groups excluding carboxylic acids is 1. The molecular formula is C30H27ClF5N5O3. The number of nitrogens with zero attached hydrogens (tertiary/aromatic N) is 2. The van der Waals surface area contributed by atoms with Crippen LogP contribution in [0.3, 0.4) is 0 Å². The Morgan fingerprint density at radius 2 is 1.89 bits per heavy atom. The summed E-state index contributed by atoms with van der Waals surface area (Å²) in [6.45, 7) is 0.840. The number of nitrogens with one attached hydrogen (secondary N) is 2. The second-order valence-corrected chi connectivity index (χ2v) is 11.2. The number of fused-ring (bicyclic) bond motifs is 1. The predicted octanol–water partition coefficient (Wildman–Crippen LogP) is 7.56. The van der Waals surface area contributed by atoms with E-state index in [1.807, 2.05) is 0 Å². The summed E-state index contributed by atoms with van der Waals surface area (Å²) >= 11 is 6.31. The molecule has 6 rings (SSSR count). The van der Waals surface area contributed by atoms with E-state index in [1.165, 1.54) is 6.07 Å². The number of amides is 1. The summed E-state index contributed by atoms with van der Waals surface area (Å²) in [5.74, 6) is -3.13. The van der Waals surface area contributed by atoms with E-state index in [2.05, 4.69) is 15.7 Å². The van der Waals surface area contributed by atoms with Gasteiger partial charge in [0.15, 0.2) is 17.8 Å². The van der Waals surface area contributed by atoms with Crippen LogP contribution in [0.15, 0.2) is 42.5 Å².